The van der Waals surface area contributed by atoms with Crippen molar-refractivity contribution in [1.82, 2.24) is 4.90 Å². The number of esters is 1. The van der Waals surface area contributed by atoms with Gasteiger partial charge >= 0.3 is 12.0 Å². The van der Waals surface area contributed by atoms with Crippen molar-refractivity contribution in [2.45, 2.75) is 19.9 Å². The van der Waals surface area contributed by atoms with E-state index in [-0.39, 0.29) is 18.2 Å². The molecule has 1 heterocycles. The maximum Gasteiger partial charge on any atom is 0.321 e. The molecule has 1 unspecified atom stereocenters. The minimum Gasteiger partial charge on any atom is -0.469 e. The first kappa shape index (κ1) is 15.0. The SMILES string of the molecule is COC(=O)C(C)CC(=O)c1ccc2c(c1)CN(C)C(=O)N2. The van der Waals surface area contributed by atoms with E-state index >= 15 is 0 Å². The Morgan fingerprint density at radius 1 is 1.43 bits per heavy atom. The summed E-state index contributed by atoms with van der Waals surface area (Å²) in [5, 5.41) is 2.75. The number of amides is 2. The Balaban J connectivity index is 2.15. The van der Waals surface area contributed by atoms with Crippen molar-refractivity contribution in [3.63, 3.8) is 0 Å². The van der Waals surface area contributed by atoms with Gasteiger partial charge in [-0.2, -0.15) is 0 Å². The van der Waals surface area contributed by atoms with E-state index in [0.29, 0.717) is 12.1 Å². The van der Waals surface area contributed by atoms with Crippen LogP contribution in [0.15, 0.2) is 18.2 Å². The largest absolute Gasteiger partial charge is 0.469 e. The van der Waals surface area contributed by atoms with E-state index in [1.165, 1.54) is 12.0 Å². The van der Waals surface area contributed by atoms with Crippen molar-refractivity contribution in [2.24, 2.45) is 5.92 Å². The van der Waals surface area contributed by atoms with Gasteiger partial charge in [0.15, 0.2) is 5.78 Å². The van der Waals surface area contributed by atoms with Gasteiger partial charge in [0.25, 0.3) is 0 Å². The topological polar surface area (TPSA) is 75.7 Å². The summed E-state index contributed by atoms with van der Waals surface area (Å²) in [6.07, 6.45) is 0.105. The first-order valence-electron chi connectivity index (χ1n) is 6.68. The number of benzene rings is 1. The summed E-state index contributed by atoms with van der Waals surface area (Å²) in [7, 11) is 2.99. The maximum absolute atomic E-state index is 12.2. The summed E-state index contributed by atoms with van der Waals surface area (Å²) in [5.74, 6) is -0.982. The number of fused-ring (bicyclic) bond motifs is 1. The number of urea groups is 1. The molecule has 1 aromatic rings. The first-order chi connectivity index (χ1) is 9.92. The fourth-order valence-electron chi connectivity index (χ4n) is 2.24. The second kappa shape index (κ2) is 5.95. The van der Waals surface area contributed by atoms with Crippen LogP contribution in [0.1, 0.15) is 29.3 Å². The van der Waals surface area contributed by atoms with Crippen LogP contribution in [0.3, 0.4) is 0 Å². The van der Waals surface area contributed by atoms with E-state index in [0.717, 1.165) is 11.3 Å². The summed E-state index contributed by atoms with van der Waals surface area (Å²) in [6, 6.07) is 4.98. The third-order valence-electron chi connectivity index (χ3n) is 3.52. The predicted octanol–water partition coefficient (Wildman–Crippen LogP) is 2.05. The molecule has 0 radical (unpaired) electrons. The summed E-state index contributed by atoms with van der Waals surface area (Å²) in [5.41, 5.74) is 2.14. The highest BCUT2D eigenvalue weighted by Gasteiger charge is 2.22. The molecular formula is C15H18N2O4. The van der Waals surface area contributed by atoms with Crippen molar-refractivity contribution in [2.75, 3.05) is 19.5 Å². The number of ketones is 1. The van der Waals surface area contributed by atoms with E-state index in [1.54, 1.807) is 32.2 Å². The first-order valence-corrected chi connectivity index (χ1v) is 6.68. The second-order valence-corrected chi connectivity index (χ2v) is 5.21. The zero-order valence-corrected chi connectivity index (χ0v) is 12.3. The molecule has 6 nitrogen and oxygen atoms in total. The molecular weight excluding hydrogens is 272 g/mol. The van der Waals surface area contributed by atoms with E-state index < -0.39 is 11.9 Å². The molecule has 0 saturated carbocycles. The highest BCUT2D eigenvalue weighted by Crippen LogP contribution is 2.24. The fourth-order valence-corrected chi connectivity index (χ4v) is 2.24. The lowest BCUT2D eigenvalue weighted by Crippen LogP contribution is -2.35. The smallest absolute Gasteiger partial charge is 0.321 e. The van der Waals surface area contributed by atoms with Crippen molar-refractivity contribution in [3.8, 4) is 0 Å². The van der Waals surface area contributed by atoms with Crippen LogP contribution in [0.25, 0.3) is 0 Å². The molecule has 21 heavy (non-hydrogen) atoms. The number of ether oxygens (including phenoxy) is 1. The molecule has 0 saturated heterocycles. The maximum atomic E-state index is 12.2. The monoisotopic (exact) mass is 290 g/mol. The van der Waals surface area contributed by atoms with E-state index in [4.69, 9.17) is 0 Å². The standard InChI is InChI=1S/C15H18N2O4/c1-9(14(19)21-3)6-13(18)10-4-5-12-11(7-10)8-17(2)15(20)16-12/h4-5,7,9H,6,8H2,1-3H3,(H,16,20). The van der Waals surface area contributed by atoms with Gasteiger partial charge < -0.3 is 15.0 Å². The number of nitrogens with zero attached hydrogens (tertiary/aromatic N) is 1. The van der Waals surface area contributed by atoms with Gasteiger partial charge in [-0.25, -0.2) is 4.79 Å². The molecule has 112 valence electrons. The molecule has 2 rings (SSSR count). The Bertz CT molecular complexity index is 597. The summed E-state index contributed by atoms with van der Waals surface area (Å²) in [4.78, 5) is 36.6. The number of carbonyl (C=O) groups is 3. The van der Waals surface area contributed by atoms with Crippen molar-refractivity contribution in [3.05, 3.63) is 29.3 Å². The third kappa shape index (κ3) is 3.21. The van der Waals surface area contributed by atoms with Crippen molar-refractivity contribution in [1.29, 1.82) is 0 Å². The lowest BCUT2D eigenvalue weighted by molar-refractivity contribution is -0.144. The van der Waals surface area contributed by atoms with Gasteiger partial charge in [0.1, 0.15) is 0 Å². The predicted molar refractivity (Wildman–Crippen MR) is 77.1 cm³/mol. The van der Waals surface area contributed by atoms with Crippen molar-refractivity contribution < 1.29 is 19.1 Å². The quantitative estimate of drug-likeness (QED) is 0.680. The average molecular weight is 290 g/mol. The minimum absolute atomic E-state index is 0.105. The number of Topliss-reactive ketones (excluding diaryl/α,β-unsaturated/α-hetero) is 1. The van der Waals surface area contributed by atoms with Crippen LogP contribution in [-0.2, 0) is 16.1 Å². The van der Waals surface area contributed by atoms with Crippen LogP contribution < -0.4 is 5.32 Å². The molecule has 2 amide bonds. The Morgan fingerprint density at radius 3 is 2.81 bits per heavy atom. The van der Waals surface area contributed by atoms with Gasteiger partial charge in [-0.05, 0) is 23.8 Å². The van der Waals surface area contributed by atoms with Crippen LogP contribution in [0.4, 0.5) is 10.5 Å². The summed E-state index contributed by atoms with van der Waals surface area (Å²) >= 11 is 0. The van der Waals surface area contributed by atoms with Gasteiger partial charge in [0.05, 0.1) is 13.0 Å². The zero-order chi connectivity index (χ0) is 15.6. The minimum atomic E-state index is -0.471. The average Bonchev–Trinajstić information content (AvgIpc) is 2.46. The Morgan fingerprint density at radius 2 is 2.14 bits per heavy atom. The number of anilines is 1. The molecule has 1 atom stereocenters. The molecule has 0 bridgehead atoms. The lowest BCUT2D eigenvalue weighted by atomic mass is 9.97. The van der Waals surface area contributed by atoms with Gasteiger partial charge in [0.2, 0.25) is 0 Å². The highest BCUT2D eigenvalue weighted by molar-refractivity contribution is 5.99. The number of hydrogen-bond donors (Lipinski definition) is 1. The number of hydrogen-bond acceptors (Lipinski definition) is 4. The molecule has 1 aliphatic heterocycles. The number of methoxy groups -OCH3 is 1. The van der Waals surface area contributed by atoms with Crippen LogP contribution in [0.5, 0.6) is 0 Å². The number of carbonyl (C=O) groups excluding carboxylic acids is 3. The Labute approximate surface area is 123 Å². The van der Waals surface area contributed by atoms with Gasteiger partial charge in [0, 0.05) is 31.3 Å². The summed E-state index contributed by atoms with van der Waals surface area (Å²) < 4.78 is 4.62. The van der Waals surface area contributed by atoms with Crippen LogP contribution in [0, 0.1) is 5.92 Å². The van der Waals surface area contributed by atoms with Gasteiger partial charge in [-0.1, -0.05) is 6.92 Å². The molecule has 0 fully saturated rings. The lowest BCUT2D eigenvalue weighted by Gasteiger charge is -2.26. The Kier molecular flexibility index (Phi) is 4.26. The molecule has 1 aliphatic rings. The zero-order valence-electron chi connectivity index (χ0n) is 12.3. The van der Waals surface area contributed by atoms with E-state index in [2.05, 4.69) is 10.1 Å². The van der Waals surface area contributed by atoms with E-state index in [1.807, 2.05) is 0 Å². The molecule has 0 aliphatic carbocycles. The molecule has 1 aromatic carbocycles. The molecule has 1 N–H and O–H groups in total. The van der Waals surface area contributed by atoms with Crippen molar-refractivity contribution >= 4 is 23.5 Å². The van der Waals surface area contributed by atoms with Gasteiger partial charge in [-0.15, -0.1) is 0 Å². The third-order valence-corrected chi connectivity index (χ3v) is 3.52. The van der Waals surface area contributed by atoms with Crippen LogP contribution in [0.2, 0.25) is 0 Å². The van der Waals surface area contributed by atoms with Gasteiger partial charge in [-0.3, -0.25) is 9.59 Å². The number of nitrogens with one attached hydrogen (secondary N) is 1. The second-order valence-electron chi connectivity index (χ2n) is 5.21. The van der Waals surface area contributed by atoms with Crippen LogP contribution in [-0.4, -0.2) is 36.8 Å². The molecule has 6 heteroatoms. The normalized spacial score (nSPS) is 15.0. The summed E-state index contributed by atoms with van der Waals surface area (Å²) in [6.45, 7) is 2.12. The number of rotatable bonds is 4. The Hall–Kier alpha value is -2.37. The van der Waals surface area contributed by atoms with Crippen LogP contribution >= 0.6 is 0 Å². The molecule has 0 spiro atoms. The molecule has 0 aromatic heterocycles. The highest BCUT2D eigenvalue weighted by atomic mass is 16.5. The van der Waals surface area contributed by atoms with E-state index in [9.17, 15) is 14.4 Å². The fraction of sp³-hybridized carbons (Fsp3) is 0.400.